The number of hydrogen-bond donors (Lipinski definition) is 1. The van der Waals surface area contributed by atoms with Crippen LogP contribution in [-0.4, -0.2) is 21.7 Å². The van der Waals surface area contributed by atoms with Crippen molar-refractivity contribution in [1.29, 1.82) is 0 Å². The summed E-state index contributed by atoms with van der Waals surface area (Å²) in [6.07, 6.45) is 3.47. The molecule has 0 bridgehead atoms. The molecule has 2 aromatic rings. The summed E-state index contributed by atoms with van der Waals surface area (Å²) < 4.78 is 7.65. The molecule has 1 amide bonds. The number of hydrogen-bond acceptors (Lipinski definition) is 3. The Morgan fingerprint density at radius 3 is 2.92 bits per heavy atom. The van der Waals surface area contributed by atoms with Gasteiger partial charge in [0, 0.05) is 24.2 Å². The van der Waals surface area contributed by atoms with Gasteiger partial charge in [0.25, 0.3) is 5.91 Å². The molecular weight excluding hydrogens is 314 g/mol. The molecule has 5 heteroatoms. The third-order valence-corrected chi connectivity index (χ3v) is 5.90. The smallest absolute Gasteiger partial charge is 0.272 e. The van der Waals surface area contributed by atoms with Gasteiger partial charge in [0.05, 0.1) is 5.69 Å². The second-order valence-electron chi connectivity index (χ2n) is 7.43. The highest BCUT2D eigenvalue weighted by atomic mass is 16.5. The van der Waals surface area contributed by atoms with Crippen molar-refractivity contribution >= 4 is 5.91 Å². The molecular formula is C20H25N3O2. The first-order valence-electron chi connectivity index (χ1n) is 9.15. The second kappa shape index (κ2) is 6.21. The summed E-state index contributed by atoms with van der Waals surface area (Å²) in [4.78, 5) is 12.9. The highest BCUT2D eigenvalue weighted by Gasteiger charge is 2.32. The first kappa shape index (κ1) is 16.2. The predicted octanol–water partition coefficient (Wildman–Crippen LogP) is 3.53. The first-order chi connectivity index (χ1) is 12.1. The van der Waals surface area contributed by atoms with Gasteiger partial charge in [-0.3, -0.25) is 9.48 Å². The van der Waals surface area contributed by atoms with E-state index in [1.807, 2.05) is 31.3 Å². The van der Waals surface area contributed by atoms with Crippen LogP contribution in [0.25, 0.3) is 11.3 Å². The highest BCUT2D eigenvalue weighted by molar-refractivity contribution is 5.96. The number of rotatable bonds is 2. The van der Waals surface area contributed by atoms with Crippen LogP contribution in [0.4, 0.5) is 0 Å². The van der Waals surface area contributed by atoms with Crippen LogP contribution in [0.3, 0.4) is 0 Å². The van der Waals surface area contributed by atoms with Crippen molar-refractivity contribution in [1.82, 2.24) is 15.1 Å². The number of aryl methyl sites for hydroxylation is 1. The van der Waals surface area contributed by atoms with E-state index in [2.05, 4.69) is 24.3 Å². The van der Waals surface area contributed by atoms with Gasteiger partial charge in [-0.25, -0.2) is 0 Å². The Kier molecular flexibility index (Phi) is 4.02. The van der Waals surface area contributed by atoms with Crippen LogP contribution in [0.1, 0.15) is 49.2 Å². The molecule has 3 atom stereocenters. The Balaban J connectivity index is 1.63. The fourth-order valence-corrected chi connectivity index (χ4v) is 4.18. The lowest BCUT2D eigenvalue weighted by Crippen LogP contribution is -2.44. The van der Waals surface area contributed by atoms with Gasteiger partial charge in [0.1, 0.15) is 12.4 Å². The van der Waals surface area contributed by atoms with Crippen LogP contribution in [0.2, 0.25) is 0 Å². The third kappa shape index (κ3) is 2.71. The summed E-state index contributed by atoms with van der Waals surface area (Å²) in [7, 11) is 1.89. The monoisotopic (exact) mass is 339 g/mol. The standard InChI is InChI=1S/C20H25N3O2/c1-12-7-6-9-16(13(12)2)21-20(24)18-15-11-25-17-10-5-4-8-14(17)19(15)23(3)22-18/h4-5,8,10,12-13,16H,6-7,9,11H2,1-3H3,(H,21,24)/t12-,13+,16-/m1/s1. The molecule has 0 saturated heterocycles. The topological polar surface area (TPSA) is 56.2 Å². The number of benzene rings is 1. The lowest BCUT2D eigenvalue weighted by atomic mass is 9.78. The number of ether oxygens (including phenoxy) is 1. The summed E-state index contributed by atoms with van der Waals surface area (Å²) in [5, 5.41) is 7.76. The lowest BCUT2D eigenvalue weighted by molar-refractivity contribution is 0.0882. The van der Waals surface area contributed by atoms with Gasteiger partial charge in [-0.15, -0.1) is 0 Å². The van der Waals surface area contributed by atoms with Gasteiger partial charge in [-0.05, 0) is 30.4 Å². The molecule has 4 rings (SSSR count). The number of aromatic nitrogens is 2. The maximum Gasteiger partial charge on any atom is 0.272 e. The molecule has 0 unspecified atom stereocenters. The van der Waals surface area contributed by atoms with Crippen molar-refractivity contribution in [2.45, 2.75) is 45.8 Å². The molecule has 1 aliphatic carbocycles. The average molecular weight is 339 g/mol. The zero-order valence-corrected chi connectivity index (χ0v) is 15.1. The molecule has 1 fully saturated rings. The lowest BCUT2D eigenvalue weighted by Gasteiger charge is -2.34. The molecule has 0 radical (unpaired) electrons. The summed E-state index contributed by atoms with van der Waals surface area (Å²) in [5.41, 5.74) is 3.36. The van der Waals surface area contributed by atoms with Crippen LogP contribution in [0.15, 0.2) is 24.3 Å². The van der Waals surface area contributed by atoms with Gasteiger partial charge in [-0.1, -0.05) is 38.8 Å². The Labute approximate surface area is 148 Å². The van der Waals surface area contributed by atoms with E-state index in [4.69, 9.17) is 4.74 Å². The average Bonchev–Trinajstić information content (AvgIpc) is 2.96. The van der Waals surface area contributed by atoms with Crippen molar-refractivity contribution < 1.29 is 9.53 Å². The van der Waals surface area contributed by atoms with Crippen LogP contribution in [0, 0.1) is 11.8 Å². The Hall–Kier alpha value is -2.30. The van der Waals surface area contributed by atoms with Crippen LogP contribution < -0.4 is 10.1 Å². The first-order valence-corrected chi connectivity index (χ1v) is 9.15. The Bertz CT molecular complexity index is 811. The molecule has 1 aliphatic heterocycles. The number of para-hydroxylation sites is 1. The van der Waals surface area contributed by atoms with E-state index in [1.165, 1.54) is 12.8 Å². The van der Waals surface area contributed by atoms with Gasteiger partial charge >= 0.3 is 0 Å². The van der Waals surface area contributed by atoms with E-state index in [1.54, 1.807) is 4.68 Å². The van der Waals surface area contributed by atoms with Crippen molar-refractivity contribution in [3.8, 4) is 17.0 Å². The van der Waals surface area contributed by atoms with E-state index in [0.717, 1.165) is 29.0 Å². The Morgan fingerprint density at radius 1 is 1.28 bits per heavy atom. The minimum absolute atomic E-state index is 0.0780. The molecule has 2 heterocycles. The predicted molar refractivity (Wildman–Crippen MR) is 96.4 cm³/mol. The molecule has 1 saturated carbocycles. The van der Waals surface area contributed by atoms with Crippen molar-refractivity contribution in [3.63, 3.8) is 0 Å². The van der Waals surface area contributed by atoms with E-state index < -0.39 is 0 Å². The molecule has 1 aromatic heterocycles. The highest BCUT2D eigenvalue weighted by Crippen LogP contribution is 2.38. The summed E-state index contributed by atoms with van der Waals surface area (Å²) in [6, 6.07) is 8.14. The molecule has 25 heavy (non-hydrogen) atoms. The molecule has 1 aromatic carbocycles. The number of fused-ring (bicyclic) bond motifs is 3. The molecule has 132 valence electrons. The third-order valence-electron chi connectivity index (χ3n) is 5.90. The quantitative estimate of drug-likeness (QED) is 0.910. The minimum Gasteiger partial charge on any atom is -0.488 e. The number of amides is 1. The van der Waals surface area contributed by atoms with E-state index in [0.29, 0.717) is 24.1 Å². The van der Waals surface area contributed by atoms with Gasteiger partial charge in [0.15, 0.2) is 5.69 Å². The fourth-order valence-electron chi connectivity index (χ4n) is 4.18. The maximum absolute atomic E-state index is 12.9. The van der Waals surface area contributed by atoms with Gasteiger partial charge in [0.2, 0.25) is 0 Å². The van der Waals surface area contributed by atoms with Crippen LogP contribution in [0.5, 0.6) is 5.75 Å². The maximum atomic E-state index is 12.9. The summed E-state index contributed by atoms with van der Waals surface area (Å²) in [6.45, 7) is 4.90. The molecule has 0 spiro atoms. The van der Waals surface area contributed by atoms with Crippen molar-refractivity contribution in [3.05, 3.63) is 35.5 Å². The van der Waals surface area contributed by atoms with Gasteiger partial charge < -0.3 is 10.1 Å². The largest absolute Gasteiger partial charge is 0.488 e. The summed E-state index contributed by atoms with van der Waals surface area (Å²) >= 11 is 0. The Morgan fingerprint density at radius 2 is 2.08 bits per heavy atom. The number of nitrogens with one attached hydrogen (secondary N) is 1. The zero-order chi connectivity index (χ0) is 17.6. The molecule has 5 nitrogen and oxygen atoms in total. The van der Waals surface area contributed by atoms with E-state index in [9.17, 15) is 4.79 Å². The SMILES string of the molecule is C[C@H]1[C@H](C)CCC[C@H]1NC(=O)c1nn(C)c2c1COc1ccccc1-2. The second-order valence-corrected chi connectivity index (χ2v) is 7.43. The molecule has 1 N–H and O–H groups in total. The minimum atomic E-state index is -0.0780. The number of carbonyl (C=O) groups excluding carboxylic acids is 1. The van der Waals surface area contributed by atoms with Crippen molar-refractivity contribution in [2.24, 2.45) is 18.9 Å². The summed E-state index contributed by atoms with van der Waals surface area (Å²) in [5.74, 6) is 1.91. The zero-order valence-electron chi connectivity index (χ0n) is 15.1. The van der Waals surface area contributed by atoms with Crippen LogP contribution in [-0.2, 0) is 13.7 Å². The normalized spacial score (nSPS) is 24.8. The molecule has 2 aliphatic rings. The number of carbonyl (C=O) groups is 1. The van der Waals surface area contributed by atoms with Gasteiger partial charge in [-0.2, -0.15) is 5.10 Å². The van der Waals surface area contributed by atoms with Crippen molar-refractivity contribution in [2.75, 3.05) is 0 Å². The van der Waals surface area contributed by atoms with E-state index >= 15 is 0 Å². The van der Waals surface area contributed by atoms with E-state index in [-0.39, 0.29) is 11.9 Å². The van der Waals surface area contributed by atoms with Crippen LogP contribution >= 0.6 is 0 Å². The number of nitrogens with zero attached hydrogens (tertiary/aromatic N) is 2. The fraction of sp³-hybridized carbons (Fsp3) is 0.500.